The summed E-state index contributed by atoms with van der Waals surface area (Å²) in [5, 5.41) is 4.68. The molecule has 0 aromatic carbocycles. The van der Waals surface area contributed by atoms with Crippen molar-refractivity contribution in [1.29, 1.82) is 0 Å². The van der Waals surface area contributed by atoms with Crippen LogP contribution in [0.2, 0.25) is 0 Å². The van der Waals surface area contributed by atoms with Crippen LogP contribution in [0, 0.1) is 0 Å². The Bertz CT molecular complexity index is 372. The topological polar surface area (TPSA) is 34.2 Å². The summed E-state index contributed by atoms with van der Waals surface area (Å²) in [6.45, 7) is 5.46. The summed E-state index contributed by atoms with van der Waals surface area (Å²) in [5.41, 5.74) is -0.0899. The molecule has 1 unspecified atom stereocenters. The molecule has 3 nitrogen and oxygen atoms in total. The van der Waals surface area contributed by atoms with Crippen molar-refractivity contribution < 1.29 is 4.74 Å². The molecule has 102 valence electrons. The Balaban J connectivity index is 2.09. The monoisotopic (exact) mass is 268 g/mol. The summed E-state index contributed by atoms with van der Waals surface area (Å²) in [6, 6.07) is 0.395. The van der Waals surface area contributed by atoms with Crippen LogP contribution in [-0.4, -0.2) is 18.6 Å². The van der Waals surface area contributed by atoms with E-state index in [2.05, 4.69) is 24.1 Å². The molecule has 2 rings (SSSR count). The smallest absolute Gasteiger partial charge is 0.125 e. The van der Waals surface area contributed by atoms with E-state index < -0.39 is 0 Å². The lowest BCUT2D eigenvalue weighted by atomic mass is 10.0. The minimum Gasteiger partial charge on any atom is -0.371 e. The van der Waals surface area contributed by atoms with Crippen LogP contribution in [0.4, 0.5) is 0 Å². The molecule has 0 radical (unpaired) electrons. The maximum absolute atomic E-state index is 5.79. The number of thiazole rings is 1. The second-order valence-electron chi connectivity index (χ2n) is 5.15. The molecule has 1 saturated carbocycles. The van der Waals surface area contributed by atoms with Gasteiger partial charge in [-0.1, -0.05) is 19.8 Å². The number of rotatable bonds is 6. The first-order chi connectivity index (χ1) is 8.72. The van der Waals surface area contributed by atoms with E-state index in [1.165, 1.54) is 22.7 Å². The molecule has 0 aliphatic heterocycles. The summed E-state index contributed by atoms with van der Waals surface area (Å²) < 4.78 is 5.79. The van der Waals surface area contributed by atoms with Gasteiger partial charge in [-0.05, 0) is 32.7 Å². The predicted octanol–water partition coefficient (Wildman–Crippen LogP) is 3.62. The minimum absolute atomic E-state index is 0.0899. The van der Waals surface area contributed by atoms with Crippen LogP contribution < -0.4 is 5.32 Å². The summed E-state index contributed by atoms with van der Waals surface area (Å²) in [6.07, 6.45) is 7.93. The van der Waals surface area contributed by atoms with Gasteiger partial charge in [0.2, 0.25) is 0 Å². The molecular formula is C14H24N2OS. The Morgan fingerprint density at radius 1 is 1.50 bits per heavy atom. The van der Waals surface area contributed by atoms with Crippen molar-refractivity contribution in [1.82, 2.24) is 10.3 Å². The quantitative estimate of drug-likeness (QED) is 0.855. The molecule has 1 N–H and O–H groups in total. The van der Waals surface area contributed by atoms with Gasteiger partial charge in [0.1, 0.15) is 10.6 Å². The van der Waals surface area contributed by atoms with E-state index in [-0.39, 0.29) is 5.60 Å². The van der Waals surface area contributed by atoms with Gasteiger partial charge in [0.15, 0.2) is 0 Å². The maximum Gasteiger partial charge on any atom is 0.125 e. The normalized spacial score (nSPS) is 20.2. The van der Waals surface area contributed by atoms with Crippen molar-refractivity contribution in [3.63, 3.8) is 0 Å². The van der Waals surface area contributed by atoms with Gasteiger partial charge in [-0.2, -0.15) is 0 Å². The van der Waals surface area contributed by atoms with E-state index in [1.807, 2.05) is 24.6 Å². The number of nitrogens with one attached hydrogen (secondary N) is 1. The molecule has 0 bridgehead atoms. The van der Waals surface area contributed by atoms with E-state index in [1.54, 1.807) is 0 Å². The first-order valence-corrected chi connectivity index (χ1v) is 7.78. The third-order valence-electron chi connectivity index (χ3n) is 3.84. The number of nitrogens with zero attached hydrogens (tertiary/aromatic N) is 1. The first kappa shape index (κ1) is 14.0. The summed E-state index contributed by atoms with van der Waals surface area (Å²) in [5.74, 6) is 0. The average Bonchev–Trinajstić information content (AvgIpc) is 3.04. The van der Waals surface area contributed by atoms with Crippen LogP contribution in [0.15, 0.2) is 6.20 Å². The largest absolute Gasteiger partial charge is 0.371 e. The zero-order valence-corrected chi connectivity index (χ0v) is 12.5. The van der Waals surface area contributed by atoms with Crippen molar-refractivity contribution in [3.05, 3.63) is 16.1 Å². The van der Waals surface area contributed by atoms with Crippen LogP contribution >= 0.6 is 11.3 Å². The van der Waals surface area contributed by atoms with E-state index >= 15 is 0 Å². The van der Waals surface area contributed by atoms with Gasteiger partial charge in [0.25, 0.3) is 0 Å². The average molecular weight is 268 g/mol. The van der Waals surface area contributed by atoms with E-state index in [9.17, 15) is 0 Å². The Kier molecular flexibility index (Phi) is 4.76. The van der Waals surface area contributed by atoms with E-state index in [0.717, 1.165) is 25.8 Å². The van der Waals surface area contributed by atoms with Crippen LogP contribution in [0.3, 0.4) is 0 Å². The molecule has 0 saturated heterocycles. The zero-order chi connectivity index (χ0) is 13.0. The second-order valence-corrected chi connectivity index (χ2v) is 6.21. The molecular weight excluding hydrogens is 244 g/mol. The Labute approximate surface area is 114 Å². The lowest BCUT2D eigenvalue weighted by molar-refractivity contribution is -0.00885. The Morgan fingerprint density at radius 3 is 2.83 bits per heavy atom. The van der Waals surface area contributed by atoms with Crippen molar-refractivity contribution in [2.75, 3.05) is 13.7 Å². The molecule has 1 fully saturated rings. The lowest BCUT2D eigenvalue weighted by Crippen LogP contribution is -2.23. The fraction of sp³-hybridized carbons (Fsp3) is 0.786. The number of methoxy groups -OCH3 is 1. The van der Waals surface area contributed by atoms with Crippen LogP contribution in [0.25, 0.3) is 0 Å². The summed E-state index contributed by atoms with van der Waals surface area (Å²) >= 11 is 1.81. The van der Waals surface area contributed by atoms with Crippen molar-refractivity contribution in [2.45, 2.75) is 57.6 Å². The van der Waals surface area contributed by atoms with E-state index in [4.69, 9.17) is 4.74 Å². The summed E-state index contributed by atoms with van der Waals surface area (Å²) in [4.78, 5) is 5.94. The Morgan fingerprint density at radius 2 is 2.22 bits per heavy atom. The van der Waals surface area contributed by atoms with Crippen molar-refractivity contribution in [3.8, 4) is 0 Å². The molecule has 1 atom stereocenters. The van der Waals surface area contributed by atoms with Crippen molar-refractivity contribution in [2.24, 2.45) is 0 Å². The molecule has 1 aromatic heterocycles. The fourth-order valence-corrected chi connectivity index (χ4v) is 3.78. The molecule has 1 aromatic rings. The van der Waals surface area contributed by atoms with Gasteiger partial charge in [0, 0.05) is 24.2 Å². The highest BCUT2D eigenvalue weighted by Crippen LogP contribution is 2.43. The highest BCUT2D eigenvalue weighted by atomic mass is 32.1. The lowest BCUT2D eigenvalue weighted by Gasteiger charge is -2.24. The SMILES string of the molecule is CCCNC(C)c1cnc(C2(OC)CCCC2)s1. The predicted molar refractivity (Wildman–Crippen MR) is 76.0 cm³/mol. The third kappa shape index (κ3) is 2.76. The third-order valence-corrected chi connectivity index (χ3v) is 5.21. The second kappa shape index (κ2) is 6.13. The van der Waals surface area contributed by atoms with E-state index in [0.29, 0.717) is 6.04 Å². The number of ether oxygens (including phenoxy) is 1. The van der Waals surface area contributed by atoms with Crippen LogP contribution in [0.5, 0.6) is 0 Å². The minimum atomic E-state index is -0.0899. The first-order valence-electron chi connectivity index (χ1n) is 6.96. The molecule has 0 amide bonds. The standard InChI is InChI=1S/C14H24N2OS/c1-4-9-15-11(2)12-10-16-13(18-12)14(17-3)7-5-6-8-14/h10-11,15H,4-9H2,1-3H3. The van der Waals surface area contributed by atoms with Gasteiger partial charge < -0.3 is 10.1 Å². The van der Waals surface area contributed by atoms with Crippen LogP contribution in [0.1, 0.15) is 61.9 Å². The number of hydrogen-bond acceptors (Lipinski definition) is 4. The molecule has 0 spiro atoms. The van der Waals surface area contributed by atoms with Gasteiger partial charge in [-0.15, -0.1) is 11.3 Å². The summed E-state index contributed by atoms with van der Waals surface area (Å²) in [7, 11) is 1.82. The number of hydrogen-bond donors (Lipinski definition) is 1. The van der Waals surface area contributed by atoms with Gasteiger partial charge in [-0.3, -0.25) is 0 Å². The van der Waals surface area contributed by atoms with Gasteiger partial charge >= 0.3 is 0 Å². The molecule has 4 heteroatoms. The highest BCUT2D eigenvalue weighted by molar-refractivity contribution is 7.11. The van der Waals surface area contributed by atoms with Gasteiger partial charge in [-0.25, -0.2) is 4.98 Å². The highest BCUT2D eigenvalue weighted by Gasteiger charge is 2.38. The fourth-order valence-electron chi connectivity index (χ4n) is 2.61. The van der Waals surface area contributed by atoms with Crippen LogP contribution in [-0.2, 0) is 10.3 Å². The molecule has 1 heterocycles. The molecule has 1 aliphatic rings. The number of aromatic nitrogens is 1. The van der Waals surface area contributed by atoms with Gasteiger partial charge in [0.05, 0.1) is 0 Å². The zero-order valence-electron chi connectivity index (χ0n) is 11.7. The maximum atomic E-state index is 5.79. The molecule has 18 heavy (non-hydrogen) atoms. The van der Waals surface area contributed by atoms with Crippen molar-refractivity contribution >= 4 is 11.3 Å². The Hall–Kier alpha value is -0.450. The molecule has 1 aliphatic carbocycles.